The lowest BCUT2D eigenvalue weighted by Crippen LogP contribution is -2.40. The van der Waals surface area contributed by atoms with Gasteiger partial charge in [-0.05, 0) is 64.4 Å². The highest BCUT2D eigenvalue weighted by Crippen LogP contribution is 2.25. The first kappa shape index (κ1) is 17.0. The zero-order valence-electron chi connectivity index (χ0n) is 14.6. The molecule has 2 rings (SSSR count). The molecule has 4 heteroatoms. The molecule has 2 aromatic rings. The van der Waals surface area contributed by atoms with Gasteiger partial charge in [-0.1, -0.05) is 12.1 Å². The van der Waals surface area contributed by atoms with Crippen LogP contribution in [0.4, 0.5) is 11.4 Å². The van der Waals surface area contributed by atoms with E-state index in [2.05, 4.69) is 47.2 Å². The summed E-state index contributed by atoms with van der Waals surface area (Å²) in [6.45, 7) is 10.9. The first-order valence-corrected chi connectivity index (χ1v) is 7.93. The van der Waals surface area contributed by atoms with Crippen molar-refractivity contribution in [2.75, 3.05) is 11.4 Å². The Morgan fingerprint density at radius 3 is 2.43 bits per heavy atom. The molecule has 1 amide bonds. The predicted octanol–water partition coefficient (Wildman–Crippen LogP) is 4.08. The zero-order valence-corrected chi connectivity index (χ0v) is 14.6. The van der Waals surface area contributed by atoms with Crippen LogP contribution in [0.2, 0.25) is 0 Å². The van der Waals surface area contributed by atoms with Gasteiger partial charge in [-0.15, -0.1) is 0 Å². The Labute approximate surface area is 138 Å². The Morgan fingerprint density at radius 1 is 1.17 bits per heavy atom. The van der Waals surface area contributed by atoms with Crippen LogP contribution in [-0.4, -0.2) is 23.0 Å². The monoisotopic (exact) mass is 311 g/mol. The van der Waals surface area contributed by atoms with Crippen LogP contribution in [0, 0.1) is 6.92 Å². The van der Waals surface area contributed by atoms with Crippen molar-refractivity contribution in [3.63, 3.8) is 0 Å². The van der Waals surface area contributed by atoms with Gasteiger partial charge in [-0.25, -0.2) is 4.98 Å². The maximum absolute atomic E-state index is 12.1. The van der Waals surface area contributed by atoms with Crippen LogP contribution >= 0.6 is 0 Å². The van der Waals surface area contributed by atoms with E-state index in [1.54, 1.807) is 12.3 Å². The molecule has 0 saturated carbocycles. The SMILES string of the molecule is CCN(c1ccc(C(=O)NC(C)(C)C)nc1)c1cccc(C)c1. The summed E-state index contributed by atoms with van der Waals surface area (Å²) in [6.07, 6.45) is 1.75. The number of aryl methyl sites for hydroxylation is 1. The summed E-state index contributed by atoms with van der Waals surface area (Å²) in [5.41, 5.74) is 3.49. The van der Waals surface area contributed by atoms with Crippen LogP contribution in [0.15, 0.2) is 42.6 Å². The molecule has 0 saturated heterocycles. The lowest BCUT2D eigenvalue weighted by molar-refractivity contribution is 0.0914. The second-order valence-electron chi connectivity index (χ2n) is 6.69. The average Bonchev–Trinajstić information content (AvgIpc) is 2.47. The topological polar surface area (TPSA) is 45.2 Å². The molecular formula is C19H25N3O. The summed E-state index contributed by atoms with van der Waals surface area (Å²) in [6, 6.07) is 12.1. The van der Waals surface area contributed by atoms with E-state index >= 15 is 0 Å². The van der Waals surface area contributed by atoms with Crippen LogP contribution in [0.25, 0.3) is 0 Å². The van der Waals surface area contributed by atoms with Crippen molar-refractivity contribution in [3.05, 3.63) is 53.9 Å². The Hall–Kier alpha value is -2.36. The first-order valence-electron chi connectivity index (χ1n) is 7.93. The standard InChI is InChI=1S/C19H25N3O/c1-6-22(15-9-7-8-14(2)12-15)16-10-11-17(20-13-16)18(23)21-19(3,4)5/h7-13H,6H2,1-5H3,(H,21,23). The summed E-state index contributed by atoms with van der Waals surface area (Å²) in [5, 5.41) is 2.92. The fourth-order valence-electron chi connectivity index (χ4n) is 2.39. The minimum absolute atomic E-state index is 0.150. The van der Waals surface area contributed by atoms with Gasteiger partial charge in [0, 0.05) is 17.8 Å². The van der Waals surface area contributed by atoms with Gasteiger partial charge in [0.15, 0.2) is 0 Å². The van der Waals surface area contributed by atoms with E-state index in [1.165, 1.54) is 5.56 Å². The maximum Gasteiger partial charge on any atom is 0.270 e. The van der Waals surface area contributed by atoms with E-state index in [1.807, 2.05) is 32.9 Å². The number of carbonyl (C=O) groups is 1. The van der Waals surface area contributed by atoms with Gasteiger partial charge in [-0.2, -0.15) is 0 Å². The van der Waals surface area contributed by atoms with Gasteiger partial charge in [-0.3, -0.25) is 4.79 Å². The smallest absolute Gasteiger partial charge is 0.270 e. The fourth-order valence-corrected chi connectivity index (χ4v) is 2.39. The molecule has 0 aliphatic carbocycles. The molecule has 0 aliphatic rings. The van der Waals surface area contributed by atoms with Crippen molar-refractivity contribution in [2.24, 2.45) is 0 Å². The molecule has 1 N–H and O–H groups in total. The minimum Gasteiger partial charge on any atom is -0.346 e. The summed E-state index contributed by atoms with van der Waals surface area (Å²) in [5.74, 6) is -0.150. The number of benzene rings is 1. The molecule has 0 unspecified atom stereocenters. The van der Waals surface area contributed by atoms with Crippen molar-refractivity contribution < 1.29 is 4.79 Å². The lowest BCUT2D eigenvalue weighted by Gasteiger charge is -2.24. The molecule has 1 aromatic carbocycles. The van der Waals surface area contributed by atoms with Crippen molar-refractivity contribution in [2.45, 2.75) is 40.2 Å². The van der Waals surface area contributed by atoms with E-state index < -0.39 is 0 Å². The Balaban J connectivity index is 2.22. The molecule has 0 atom stereocenters. The molecule has 1 heterocycles. The average molecular weight is 311 g/mol. The second-order valence-corrected chi connectivity index (χ2v) is 6.69. The molecule has 0 radical (unpaired) electrons. The van der Waals surface area contributed by atoms with Crippen molar-refractivity contribution >= 4 is 17.3 Å². The number of hydrogen-bond acceptors (Lipinski definition) is 3. The van der Waals surface area contributed by atoms with Gasteiger partial charge in [0.25, 0.3) is 5.91 Å². The number of rotatable bonds is 4. The molecule has 122 valence electrons. The quantitative estimate of drug-likeness (QED) is 0.925. The van der Waals surface area contributed by atoms with Gasteiger partial charge < -0.3 is 10.2 Å². The molecule has 4 nitrogen and oxygen atoms in total. The lowest BCUT2D eigenvalue weighted by atomic mass is 10.1. The van der Waals surface area contributed by atoms with Crippen molar-refractivity contribution in [1.82, 2.24) is 10.3 Å². The molecular weight excluding hydrogens is 286 g/mol. The minimum atomic E-state index is -0.269. The van der Waals surface area contributed by atoms with E-state index in [4.69, 9.17) is 0 Å². The highest BCUT2D eigenvalue weighted by atomic mass is 16.2. The van der Waals surface area contributed by atoms with E-state index in [9.17, 15) is 4.79 Å². The third-order valence-electron chi connectivity index (χ3n) is 3.41. The number of pyridine rings is 1. The fraction of sp³-hybridized carbons (Fsp3) is 0.368. The summed E-state index contributed by atoms with van der Waals surface area (Å²) in [7, 11) is 0. The third kappa shape index (κ3) is 4.55. The van der Waals surface area contributed by atoms with Crippen LogP contribution < -0.4 is 10.2 Å². The molecule has 23 heavy (non-hydrogen) atoms. The number of hydrogen-bond donors (Lipinski definition) is 1. The molecule has 0 spiro atoms. The number of carbonyl (C=O) groups excluding carboxylic acids is 1. The van der Waals surface area contributed by atoms with E-state index in [0.29, 0.717) is 5.69 Å². The number of nitrogens with one attached hydrogen (secondary N) is 1. The summed E-state index contributed by atoms with van der Waals surface area (Å²) in [4.78, 5) is 18.6. The van der Waals surface area contributed by atoms with Crippen LogP contribution in [0.3, 0.4) is 0 Å². The van der Waals surface area contributed by atoms with Gasteiger partial charge in [0.2, 0.25) is 0 Å². The van der Waals surface area contributed by atoms with Gasteiger partial charge in [0.1, 0.15) is 5.69 Å². The van der Waals surface area contributed by atoms with Crippen molar-refractivity contribution in [1.29, 1.82) is 0 Å². The first-order chi connectivity index (χ1) is 10.8. The van der Waals surface area contributed by atoms with Crippen molar-refractivity contribution in [3.8, 4) is 0 Å². The Morgan fingerprint density at radius 2 is 1.91 bits per heavy atom. The molecule has 0 fully saturated rings. The molecule has 0 bridgehead atoms. The maximum atomic E-state index is 12.1. The highest BCUT2D eigenvalue weighted by Gasteiger charge is 2.16. The van der Waals surface area contributed by atoms with E-state index in [0.717, 1.165) is 17.9 Å². The van der Waals surface area contributed by atoms with Gasteiger partial charge >= 0.3 is 0 Å². The Bertz CT molecular complexity index is 672. The van der Waals surface area contributed by atoms with Crippen LogP contribution in [0.1, 0.15) is 43.7 Å². The van der Waals surface area contributed by atoms with Gasteiger partial charge in [0.05, 0.1) is 11.9 Å². The second kappa shape index (κ2) is 6.82. The predicted molar refractivity (Wildman–Crippen MR) is 95.3 cm³/mol. The zero-order chi connectivity index (χ0) is 17.0. The van der Waals surface area contributed by atoms with E-state index in [-0.39, 0.29) is 11.4 Å². The van der Waals surface area contributed by atoms with Crippen LogP contribution in [0.5, 0.6) is 0 Å². The largest absolute Gasteiger partial charge is 0.346 e. The normalized spacial score (nSPS) is 11.2. The number of amides is 1. The highest BCUT2D eigenvalue weighted by molar-refractivity contribution is 5.93. The number of nitrogens with zero attached hydrogens (tertiary/aromatic N) is 2. The third-order valence-corrected chi connectivity index (χ3v) is 3.41. The number of aromatic nitrogens is 1. The molecule has 1 aromatic heterocycles. The van der Waals surface area contributed by atoms with Crippen LogP contribution in [-0.2, 0) is 0 Å². The Kier molecular flexibility index (Phi) is 5.04. The summed E-state index contributed by atoms with van der Waals surface area (Å²) >= 11 is 0. The molecule has 0 aliphatic heterocycles. The number of anilines is 2. The summed E-state index contributed by atoms with van der Waals surface area (Å²) < 4.78 is 0.